The number of rotatable bonds is 7. The van der Waals surface area contributed by atoms with Gasteiger partial charge in [-0.15, -0.1) is 0 Å². The third kappa shape index (κ3) is 5.91. The van der Waals surface area contributed by atoms with Gasteiger partial charge in [-0.1, -0.05) is 17.7 Å². The summed E-state index contributed by atoms with van der Waals surface area (Å²) >= 11 is 6.21. The van der Waals surface area contributed by atoms with Gasteiger partial charge in [0.15, 0.2) is 5.82 Å². The molecular formula is C27H31ClF3N5O4. The second-order valence-electron chi connectivity index (χ2n) is 11.2. The Balaban J connectivity index is 1.24. The van der Waals surface area contributed by atoms with Crippen molar-refractivity contribution >= 4 is 41.0 Å². The number of anilines is 2. The number of aromatic amines is 1. The van der Waals surface area contributed by atoms with Crippen molar-refractivity contribution in [2.75, 3.05) is 16.8 Å². The fourth-order valence-electron chi connectivity index (χ4n) is 5.40. The second kappa shape index (κ2) is 10.6. The number of hydrogen-bond donors (Lipinski definition) is 3. The lowest BCUT2D eigenvalue weighted by atomic mass is 9.93. The molecule has 1 saturated heterocycles. The lowest BCUT2D eigenvalue weighted by Crippen LogP contribution is -2.36. The van der Waals surface area contributed by atoms with Gasteiger partial charge in [0.2, 0.25) is 11.8 Å². The average Bonchev–Trinajstić information content (AvgIpc) is 3.28. The van der Waals surface area contributed by atoms with Crippen molar-refractivity contribution in [2.24, 2.45) is 0 Å². The molecule has 1 aromatic heterocycles. The summed E-state index contributed by atoms with van der Waals surface area (Å²) < 4.78 is 47.9. The van der Waals surface area contributed by atoms with Crippen LogP contribution >= 0.6 is 11.6 Å². The summed E-state index contributed by atoms with van der Waals surface area (Å²) in [6.07, 6.45) is -0.818. The molecule has 9 nitrogen and oxygen atoms in total. The molecule has 216 valence electrons. The maximum atomic E-state index is 14.1. The van der Waals surface area contributed by atoms with Crippen molar-refractivity contribution < 1.29 is 32.3 Å². The normalized spacial score (nSPS) is 22.8. The van der Waals surface area contributed by atoms with E-state index in [0.29, 0.717) is 19.3 Å². The Morgan fingerprint density at radius 2 is 2.02 bits per heavy atom. The molecule has 3 fully saturated rings. The molecule has 2 heterocycles. The lowest BCUT2D eigenvalue weighted by Gasteiger charge is -2.24. The van der Waals surface area contributed by atoms with Crippen LogP contribution in [0, 0.1) is 0 Å². The Morgan fingerprint density at radius 1 is 1.27 bits per heavy atom. The van der Waals surface area contributed by atoms with Crippen molar-refractivity contribution in [3.63, 3.8) is 0 Å². The van der Waals surface area contributed by atoms with Crippen LogP contribution in [-0.2, 0) is 20.5 Å². The number of amides is 3. The van der Waals surface area contributed by atoms with Gasteiger partial charge in [0.25, 0.3) is 0 Å². The highest BCUT2D eigenvalue weighted by atomic mass is 35.5. The number of nitrogens with one attached hydrogen (secondary N) is 3. The molecule has 2 aromatic rings. The van der Waals surface area contributed by atoms with E-state index >= 15 is 0 Å². The molecule has 13 heteroatoms. The zero-order chi connectivity index (χ0) is 28.8. The number of hydrogen-bond acceptors (Lipinski definition) is 5. The van der Waals surface area contributed by atoms with E-state index in [9.17, 15) is 27.6 Å². The molecule has 1 unspecified atom stereocenters. The van der Waals surface area contributed by atoms with E-state index in [-0.39, 0.29) is 53.5 Å². The second-order valence-corrected chi connectivity index (χ2v) is 11.5. The van der Waals surface area contributed by atoms with E-state index in [0.717, 1.165) is 25.0 Å². The number of aromatic nitrogens is 2. The summed E-state index contributed by atoms with van der Waals surface area (Å²) in [6.45, 7) is 3.61. The maximum absolute atomic E-state index is 14.1. The van der Waals surface area contributed by atoms with E-state index in [1.807, 2.05) is 6.92 Å². The molecule has 0 spiro atoms. The fourth-order valence-corrected chi connectivity index (χ4v) is 5.78. The molecule has 3 aliphatic rings. The molecule has 0 radical (unpaired) electrons. The van der Waals surface area contributed by atoms with Crippen LogP contribution in [0.4, 0.5) is 29.5 Å². The van der Waals surface area contributed by atoms with Crippen LogP contribution in [0.1, 0.15) is 87.4 Å². The number of carbonyl (C=O) groups excluding carboxylic acids is 3. The number of ether oxygens (including phenoxy) is 1. The number of halogens is 4. The van der Waals surface area contributed by atoms with Crippen LogP contribution in [0.5, 0.6) is 0 Å². The van der Waals surface area contributed by atoms with Gasteiger partial charge in [-0.25, -0.2) is 4.79 Å². The smallest absolute Gasteiger partial charge is 0.418 e. The first kappa shape index (κ1) is 28.3. The molecule has 3 atom stereocenters. The number of alkyl halides is 3. The van der Waals surface area contributed by atoms with Gasteiger partial charge >= 0.3 is 12.3 Å². The third-order valence-corrected chi connectivity index (χ3v) is 8.39. The first-order chi connectivity index (χ1) is 18.8. The monoisotopic (exact) mass is 581 g/mol. The minimum absolute atomic E-state index is 0.0112. The molecule has 0 bridgehead atoms. The Morgan fingerprint density at radius 3 is 2.67 bits per heavy atom. The summed E-state index contributed by atoms with van der Waals surface area (Å²) in [5.74, 6) is -1.99. The Hall–Kier alpha value is -3.28. The fraction of sp³-hybridized carbons (Fsp3) is 0.556. The van der Waals surface area contributed by atoms with Crippen molar-refractivity contribution in [2.45, 2.75) is 88.4 Å². The van der Waals surface area contributed by atoms with Crippen LogP contribution in [0.25, 0.3) is 0 Å². The SMILES string of the molecule is CC(C(=O)Nc1cc([C@@H]2CC[C@H](OC(=O)NC3(C)CC3)C2)[nH]n1)c1ccc(N2CCCC2=O)c(Cl)c1C(F)(F)F. The molecule has 2 aliphatic carbocycles. The van der Waals surface area contributed by atoms with E-state index in [1.165, 1.54) is 24.0 Å². The number of nitrogens with zero attached hydrogens (tertiary/aromatic N) is 2. The summed E-state index contributed by atoms with van der Waals surface area (Å²) in [6, 6.07) is 4.20. The highest BCUT2D eigenvalue weighted by Crippen LogP contribution is 2.45. The van der Waals surface area contributed by atoms with Crippen LogP contribution < -0.4 is 15.5 Å². The zero-order valence-electron chi connectivity index (χ0n) is 22.2. The van der Waals surface area contributed by atoms with Crippen molar-refractivity contribution in [3.05, 3.63) is 40.0 Å². The predicted molar refractivity (Wildman–Crippen MR) is 141 cm³/mol. The summed E-state index contributed by atoms with van der Waals surface area (Å²) in [4.78, 5) is 38.5. The topological polar surface area (TPSA) is 116 Å². The molecule has 5 rings (SSSR count). The molecule has 1 aromatic carbocycles. The molecular weight excluding hydrogens is 551 g/mol. The van der Waals surface area contributed by atoms with Gasteiger partial charge in [0.1, 0.15) is 6.10 Å². The number of carbonyl (C=O) groups is 3. The van der Waals surface area contributed by atoms with Gasteiger partial charge in [-0.3, -0.25) is 14.7 Å². The molecule has 1 aliphatic heterocycles. The highest BCUT2D eigenvalue weighted by Gasteiger charge is 2.42. The average molecular weight is 582 g/mol. The van der Waals surface area contributed by atoms with Gasteiger partial charge in [0.05, 0.1) is 22.2 Å². The third-order valence-electron chi connectivity index (χ3n) is 8.01. The predicted octanol–water partition coefficient (Wildman–Crippen LogP) is 5.87. The quantitative estimate of drug-likeness (QED) is 0.378. The molecule has 2 saturated carbocycles. The van der Waals surface area contributed by atoms with E-state index in [4.69, 9.17) is 16.3 Å². The lowest BCUT2D eigenvalue weighted by molar-refractivity contribution is -0.138. The van der Waals surface area contributed by atoms with Crippen molar-refractivity contribution in [1.29, 1.82) is 0 Å². The number of alkyl carbamates (subject to hydrolysis) is 1. The van der Waals surface area contributed by atoms with Crippen molar-refractivity contribution in [1.82, 2.24) is 15.5 Å². The van der Waals surface area contributed by atoms with Crippen molar-refractivity contribution in [3.8, 4) is 0 Å². The van der Waals surface area contributed by atoms with Gasteiger partial charge in [-0.2, -0.15) is 18.3 Å². The van der Waals surface area contributed by atoms with Gasteiger partial charge < -0.3 is 20.3 Å². The Bertz CT molecular complexity index is 1330. The standard InChI is InChI=1S/C27H31ClF3N5O4/c1-14(17-7-8-19(36-11-3-4-21(36)37)23(28)22(17)27(29,30)31)24(38)32-20-13-18(34-35-20)15-5-6-16(12-15)40-25(39)33-26(2)9-10-26/h7-8,13-16H,3-6,9-12H2,1-2H3,(H,33,39)(H2,32,34,35,38)/t14?,15-,16+/m1/s1. The van der Waals surface area contributed by atoms with Gasteiger partial charge in [0, 0.05) is 36.2 Å². The summed E-state index contributed by atoms with van der Waals surface area (Å²) in [7, 11) is 0. The Labute approximate surface area is 234 Å². The molecule has 40 heavy (non-hydrogen) atoms. The summed E-state index contributed by atoms with van der Waals surface area (Å²) in [5.41, 5.74) is -0.863. The molecule has 3 amide bonds. The van der Waals surface area contributed by atoms with Crippen LogP contribution in [0.3, 0.4) is 0 Å². The minimum atomic E-state index is -4.84. The largest absolute Gasteiger partial charge is 0.446 e. The van der Waals surface area contributed by atoms with E-state index in [2.05, 4.69) is 20.8 Å². The van der Waals surface area contributed by atoms with E-state index in [1.54, 1.807) is 6.07 Å². The number of H-pyrrole nitrogens is 1. The van der Waals surface area contributed by atoms with E-state index < -0.39 is 34.7 Å². The highest BCUT2D eigenvalue weighted by molar-refractivity contribution is 6.35. The Kier molecular flexibility index (Phi) is 7.49. The van der Waals surface area contributed by atoms with Crippen LogP contribution in [-0.4, -0.2) is 46.3 Å². The first-order valence-electron chi connectivity index (χ1n) is 13.4. The first-order valence-corrected chi connectivity index (χ1v) is 13.8. The van der Waals surface area contributed by atoms with Crippen LogP contribution in [0.2, 0.25) is 5.02 Å². The summed E-state index contributed by atoms with van der Waals surface area (Å²) in [5, 5.41) is 11.9. The van der Waals surface area contributed by atoms with Crippen LogP contribution in [0.15, 0.2) is 18.2 Å². The zero-order valence-corrected chi connectivity index (χ0v) is 22.9. The minimum Gasteiger partial charge on any atom is -0.446 e. The number of benzene rings is 1. The van der Waals surface area contributed by atoms with Gasteiger partial charge in [-0.05, 0) is 64.0 Å². The maximum Gasteiger partial charge on any atom is 0.418 e. The molecule has 3 N–H and O–H groups in total.